The molecule has 1 heterocycles. The number of rotatable bonds is 6. The molecule has 4 rings (SSSR count). The molecule has 0 saturated heterocycles. The number of likely N-dealkylation sites (N-methyl/N-ethyl adjacent to an activating group) is 1. The summed E-state index contributed by atoms with van der Waals surface area (Å²) in [5, 5.41) is 14.8. The number of hydrogen-bond donors (Lipinski definition) is 2. The van der Waals surface area contributed by atoms with Crippen molar-refractivity contribution < 1.29 is 5.11 Å². The SMILES string of the molecule is CN(C)CCc1cccc(Nc2ccnc3ccc(-c4cc(Cl)c(O)c(Cl)c4)cc23)c1. The van der Waals surface area contributed by atoms with Gasteiger partial charge in [0.2, 0.25) is 0 Å². The maximum atomic E-state index is 9.86. The molecule has 3 aromatic carbocycles. The summed E-state index contributed by atoms with van der Waals surface area (Å²) in [5.74, 6) is -0.106. The molecule has 0 saturated carbocycles. The summed E-state index contributed by atoms with van der Waals surface area (Å²) in [6.45, 7) is 1.00. The number of pyridine rings is 1. The van der Waals surface area contributed by atoms with Crippen molar-refractivity contribution in [3.8, 4) is 16.9 Å². The zero-order valence-corrected chi connectivity index (χ0v) is 18.9. The normalized spacial score (nSPS) is 11.3. The van der Waals surface area contributed by atoms with Crippen molar-refractivity contribution in [2.24, 2.45) is 0 Å². The molecular weight excluding hydrogens is 429 g/mol. The predicted molar refractivity (Wildman–Crippen MR) is 131 cm³/mol. The van der Waals surface area contributed by atoms with Crippen LogP contribution in [0, 0.1) is 0 Å². The summed E-state index contributed by atoms with van der Waals surface area (Å²) < 4.78 is 0. The highest BCUT2D eigenvalue weighted by Gasteiger charge is 2.10. The largest absolute Gasteiger partial charge is 0.505 e. The number of phenolic OH excluding ortho intramolecular Hbond substituents is 1. The van der Waals surface area contributed by atoms with Crippen molar-refractivity contribution in [1.29, 1.82) is 0 Å². The Morgan fingerprint density at radius 1 is 0.935 bits per heavy atom. The van der Waals surface area contributed by atoms with Crippen LogP contribution in [0.1, 0.15) is 5.56 Å². The third kappa shape index (κ3) is 4.93. The minimum atomic E-state index is -0.106. The van der Waals surface area contributed by atoms with Crippen LogP contribution in [0.5, 0.6) is 5.75 Å². The van der Waals surface area contributed by atoms with Crippen LogP contribution in [0.3, 0.4) is 0 Å². The Kier molecular flexibility index (Phi) is 6.33. The van der Waals surface area contributed by atoms with E-state index in [4.69, 9.17) is 23.2 Å². The first-order valence-electron chi connectivity index (χ1n) is 9.98. The van der Waals surface area contributed by atoms with E-state index in [2.05, 4.69) is 59.6 Å². The summed E-state index contributed by atoms with van der Waals surface area (Å²) in [6, 6.07) is 19.8. The van der Waals surface area contributed by atoms with Crippen molar-refractivity contribution in [3.05, 3.63) is 82.5 Å². The molecule has 0 aliphatic heterocycles. The summed E-state index contributed by atoms with van der Waals surface area (Å²) in [6.07, 6.45) is 2.79. The molecule has 1 aromatic heterocycles. The van der Waals surface area contributed by atoms with E-state index in [-0.39, 0.29) is 15.8 Å². The molecule has 4 aromatic rings. The van der Waals surface area contributed by atoms with Crippen LogP contribution < -0.4 is 5.32 Å². The molecule has 0 atom stereocenters. The highest BCUT2D eigenvalue weighted by Crippen LogP contribution is 2.37. The van der Waals surface area contributed by atoms with Crippen LogP contribution in [0.4, 0.5) is 11.4 Å². The van der Waals surface area contributed by atoms with Gasteiger partial charge in [0.25, 0.3) is 0 Å². The van der Waals surface area contributed by atoms with Crippen LogP contribution >= 0.6 is 23.2 Å². The molecule has 0 amide bonds. The van der Waals surface area contributed by atoms with Gasteiger partial charge in [0.15, 0.2) is 5.75 Å². The first-order valence-corrected chi connectivity index (χ1v) is 10.7. The standard InChI is InChI=1S/C25H23Cl2N3O/c1-30(2)11-9-16-4-3-5-19(12-16)29-24-8-10-28-23-7-6-17(13-20(23)24)18-14-21(26)25(31)22(27)15-18/h3-8,10,12-15,31H,9,11H2,1-2H3,(H,28,29). The third-order valence-corrected chi connectivity index (χ3v) is 5.72. The zero-order valence-electron chi connectivity index (χ0n) is 17.4. The summed E-state index contributed by atoms with van der Waals surface area (Å²) in [7, 11) is 4.16. The number of phenols is 1. The van der Waals surface area contributed by atoms with Crippen LogP contribution in [-0.4, -0.2) is 35.6 Å². The molecule has 0 radical (unpaired) electrons. The van der Waals surface area contributed by atoms with Crippen LogP contribution in [0.25, 0.3) is 22.0 Å². The van der Waals surface area contributed by atoms with Gasteiger partial charge in [-0.1, -0.05) is 41.4 Å². The average Bonchev–Trinajstić information content (AvgIpc) is 2.76. The number of halogens is 2. The summed E-state index contributed by atoms with van der Waals surface area (Å²) in [5.41, 5.74) is 5.93. The van der Waals surface area contributed by atoms with E-state index in [9.17, 15) is 5.11 Å². The molecule has 158 valence electrons. The lowest BCUT2D eigenvalue weighted by Gasteiger charge is -2.13. The molecular formula is C25H23Cl2N3O. The van der Waals surface area contributed by atoms with Gasteiger partial charge in [0, 0.05) is 29.5 Å². The van der Waals surface area contributed by atoms with E-state index in [1.54, 1.807) is 18.3 Å². The Morgan fingerprint density at radius 3 is 2.45 bits per heavy atom. The fourth-order valence-corrected chi connectivity index (χ4v) is 3.97. The van der Waals surface area contributed by atoms with E-state index < -0.39 is 0 Å². The Hall–Kier alpha value is -2.79. The highest BCUT2D eigenvalue weighted by atomic mass is 35.5. The maximum Gasteiger partial charge on any atom is 0.152 e. The Balaban J connectivity index is 1.69. The molecule has 0 bridgehead atoms. The number of nitrogens with zero attached hydrogens (tertiary/aromatic N) is 2. The lowest BCUT2D eigenvalue weighted by atomic mass is 10.0. The second kappa shape index (κ2) is 9.15. The molecule has 6 heteroatoms. The molecule has 0 aliphatic rings. The first kappa shape index (κ1) is 21.4. The summed E-state index contributed by atoms with van der Waals surface area (Å²) >= 11 is 12.2. The highest BCUT2D eigenvalue weighted by molar-refractivity contribution is 6.37. The average molecular weight is 452 g/mol. The van der Waals surface area contributed by atoms with Gasteiger partial charge in [-0.05, 0) is 79.7 Å². The van der Waals surface area contributed by atoms with E-state index in [0.717, 1.165) is 46.4 Å². The number of hydrogen-bond acceptors (Lipinski definition) is 4. The van der Waals surface area contributed by atoms with Crippen molar-refractivity contribution in [2.45, 2.75) is 6.42 Å². The minimum absolute atomic E-state index is 0.106. The monoisotopic (exact) mass is 451 g/mol. The van der Waals surface area contributed by atoms with Gasteiger partial charge < -0.3 is 15.3 Å². The van der Waals surface area contributed by atoms with E-state index in [1.807, 2.05) is 18.2 Å². The number of fused-ring (bicyclic) bond motifs is 1. The maximum absolute atomic E-state index is 9.86. The number of aromatic hydroxyl groups is 1. The minimum Gasteiger partial charge on any atom is -0.505 e. The first-order chi connectivity index (χ1) is 14.9. The van der Waals surface area contributed by atoms with Gasteiger partial charge in [-0.15, -0.1) is 0 Å². The van der Waals surface area contributed by atoms with E-state index >= 15 is 0 Å². The van der Waals surface area contributed by atoms with Gasteiger partial charge in [-0.3, -0.25) is 4.98 Å². The quantitative estimate of drug-likeness (QED) is 0.339. The van der Waals surface area contributed by atoms with Gasteiger partial charge in [-0.2, -0.15) is 0 Å². The molecule has 2 N–H and O–H groups in total. The second-order valence-corrected chi connectivity index (χ2v) is 8.57. The Labute approximate surface area is 192 Å². The lowest BCUT2D eigenvalue weighted by Crippen LogP contribution is -2.15. The van der Waals surface area contributed by atoms with Crippen molar-refractivity contribution in [1.82, 2.24) is 9.88 Å². The second-order valence-electron chi connectivity index (χ2n) is 7.76. The van der Waals surface area contributed by atoms with Gasteiger partial charge >= 0.3 is 0 Å². The number of nitrogens with one attached hydrogen (secondary N) is 1. The van der Waals surface area contributed by atoms with Gasteiger partial charge in [-0.25, -0.2) is 0 Å². The number of benzene rings is 3. The lowest BCUT2D eigenvalue weighted by molar-refractivity contribution is 0.413. The van der Waals surface area contributed by atoms with Crippen molar-refractivity contribution >= 4 is 45.5 Å². The van der Waals surface area contributed by atoms with Crippen molar-refractivity contribution in [2.75, 3.05) is 26.0 Å². The number of aromatic nitrogens is 1. The topological polar surface area (TPSA) is 48.4 Å². The molecule has 31 heavy (non-hydrogen) atoms. The molecule has 4 nitrogen and oxygen atoms in total. The molecule has 0 unspecified atom stereocenters. The number of anilines is 2. The predicted octanol–water partition coefficient (Wildman–Crippen LogP) is 6.76. The van der Waals surface area contributed by atoms with Gasteiger partial charge in [0.05, 0.1) is 15.6 Å². The third-order valence-electron chi connectivity index (χ3n) is 5.15. The molecule has 0 aliphatic carbocycles. The molecule has 0 fully saturated rings. The Bertz CT molecular complexity index is 1220. The molecule has 0 spiro atoms. The van der Waals surface area contributed by atoms with Crippen molar-refractivity contribution in [3.63, 3.8) is 0 Å². The zero-order chi connectivity index (χ0) is 22.0. The summed E-state index contributed by atoms with van der Waals surface area (Å²) in [4.78, 5) is 6.68. The fourth-order valence-electron chi connectivity index (χ4n) is 3.48. The van der Waals surface area contributed by atoms with Crippen LogP contribution in [-0.2, 0) is 6.42 Å². The Morgan fingerprint density at radius 2 is 1.71 bits per heavy atom. The van der Waals surface area contributed by atoms with Gasteiger partial charge in [0.1, 0.15) is 0 Å². The van der Waals surface area contributed by atoms with Crippen LogP contribution in [0.15, 0.2) is 66.9 Å². The van der Waals surface area contributed by atoms with E-state index in [1.165, 1.54) is 5.56 Å². The fraction of sp³-hybridized carbons (Fsp3) is 0.160. The smallest absolute Gasteiger partial charge is 0.152 e. The van der Waals surface area contributed by atoms with Crippen LogP contribution in [0.2, 0.25) is 10.0 Å². The van der Waals surface area contributed by atoms with E-state index in [0.29, 0.717) is 0 Å².